The molecule has 0 unspecified atom stereocenters. The number of nitrogens with one attached hydrogen (secondary N) is 1. The first-order valence-corrected chi connectivity index (χ1v) is 9.31. The molecule has 0 aliphatic heterocycles. The molecule has 1 aliphatic rings. The molecule has 1 saturated carbocycles. The largest absolute Gasteiger partial charge is 0.355 e. The third-order valence-electron chi connectivity index (χ3n) is 5.42. The Labute approximate surface area is 158 Å². The Balaban J connectivity index is 1.36. The first-order chi connectivity index (χ1) is 13.2. The van der Waals surface area contributed by atoms with E-state index in [2.05, 4.69) is 22.5 Å². The van der Waals surface area contributed by atoms with E-state index in [9.17, 15) is 9.18 Å². The van der Waals surface area contributed by atoms with Gasteiger partial charge in [0.25, 0.3) is 0 Å². The third kappa shape index (κ3) is 3.50. The minimum atomic E-state index is -0.563. The van der Waals surface area contributed by atoms with Crippen molar-refractivity contribution in [2.75, 3.05) is 6.54 Å². The molecule has 0 saturated heterocycles. The van der Waals surface area contributed by atoms with E-state index in [1.807, 2.05) is 35.1 Å². The molecule has 4 rings (SSSR count). The molecule has 1 amide bonds. The third-order valence-corrected chi connectivity index (χ3v) is 5.42. The molecule has 0 spiro atoms. The number of carbonyl (C=O) groups is 1. The Morgan fingerprint density at radius 3 is 2.59 bits per heavy atom. The van der Waals surface area contributed by atoms with E-state index in [0.29, 0.717) is 6.54 Å². The topological polar surface area (TPSA) is 46.9 Å². The minimum absolute atomic E-state index is 0.00695. The normalized spacial score (nSPS) is 15.1. The molecule has 5 heteroatoms. The summed E-state index contributed by atoms with van der Waals surface area (Å²) in [5.74, 6) is -0.281. The van der Waals surface area contributed by atoms with Crippen LogP contribution in [0.2, 0.25) is 0 Å². The Kier molecular flexibility index (Phi) is 4.75. The summed E-state index contributed by atoms with van der Waals surface area (Å²) in [4.78, 5) is 12.8. The van der Waals surface area contributed by atoms with Gasteiger partial charge in [0, 0.05) is 18.9 Å². The van der Waals surface area contributed by atoms with Crippen molar-refractivity contribution in [3.63, 3.8) is 0 Å². The molecule has 4 nitrogen and oxygen atoms in total. The first-order valence-electron chi connectivity index (χ1n) is 9.31. The molecule has 0 radical (unpaired) electrons. The lowest BCUT2D eigenvalue weighted by molar-refractivity contribution is -0.129. The van der Waals surface area contributed by atoms with E-state index in [-0.39, 0.29) is 11.7 Å². The number of nitrogens with zero attached hydrogens (tertiary/aromatic N) is 2. The summed E-state index contributed by atoms with van der Waals surface area (Å²) >= 11 is 0. The van der Waals surface area contributed by atoms with Gasteiger partial charge in [-0.25, -0.2) is 9.07 Å². The van der Waals surface area contributed by atoms with Gasteiger partial charge in [-0.15, -0.1) is 0 Å². The van der Waals surface area contributed by atoms with Crippen LogP contribution in [0.15, 0.2) is 67.0 Å². The standard InChI is InChI=1S/C22H22FN3O/c23-19-5-1-4-18(16-19)22(11-2-12-22)21(27)24-14-10-17-6-8-20(9-7-17)26-15-3-13-25-26/h1,3-9,13,15-16H,2,10-12,14H2,(H,24,27). The van der Waals surface area contributed by atoms with Crippen LogP contribution in [-0.2, 0) is 16.6 Å². The van der Waals surface area contributed by atoms with E-state index in [1.165, 1.54) is 12.1 Å². The van der Waals surface area contributed by atoms with Gasteiger partial charge in [0.2, 0.25) is 5.91 Å². The Morgan fingerprint density at radius 1 is 1.15 bits per heavy atom. The fraction of sp³-hybridized carbons (Fsp3) is 0.273. The first kappa shape index (κ1) is 17.5. The van der Waals surface area contributed by atoms with Crippen LogP contribution >= 0.6 is 0 Å². The van der Waals surface area contributed by atoms with Gasteiger partial charge >= 0.3 is 0 Å². The highest BCUT2D eigenvalue weighted by Gasteiger charge is 2.45. The van der Waals surface area contributed by atoms with Crippen LogP contribution in [0.25, 0.3) is 5.69 Å². The van der Waals surface area contributed by atoms with E-state index < -0.39 is 5.41 Å². The van der Waals surface area contributed by atoms with Crippen molar-refractivity contribution in [3.8, 4) is 5.69 Å². The predicted molar refractivity (Wildman–Crippen MR) is 102 cm³/mol. The number of halogens is 1. The molecular weight excluding hydrogens is 341 g/mol. The summed E-state index contributed by atoms with van der Waals surface area (Å²) in [5.41, 5.74) is 2.38. The summed E-state index contributed by atoms with van der Waals surface area (Å²) in [5, 5.41) is 7.27. The molecular formula is C22H22FN3O. The second-order valence-electron chi connectivity index (χ2n) is 7.07. The number of amides is 1. The average molecular weight is 363 g/mol. The molecule has 1 aromatic heterocycles. The van der Waals surface area contributed by atoms with Gasteiger partial charge in [-0.05, 0) is 60.7 Å². The highest BCUT2D eigenvalue weighted by atomic mass is 19.1. The Morgan fingerprint density at radius 2 is 1.96 bits per heavy atom. The second-order valence-corrected chi connectivity index (χ2v) is 7.07. The predicted octanol–water partition coefficient (Wildman–Crippen LogP) is 3.79. The number of aromatic nitrogens is 2. The molecule has 1 aliphatic carbocycles. The number of hydrogen-bond acceptors (Lipinski definition) is 2. The van der Waals surface area contributed by atoms with Crippen LogP contribution in [0, 0.1) is 5.82 Å². The highest BCUT2D eigenvalue weighted by molar-refractivity contribution is 5.89. The van der Waals surface area contributed by atoms with Gasteiger partial charge in [-0.2, -0.15) is 5.10 Å². The molecule has 0 atom stereocenters. The Hall–Kier alpha value is -2.95. The van der Waals surface area contributed by atoms with E-state index in [1.54, 1.807) is 12.3 Å². The molecule has 1 fully saturated rings. The zero-order chi connectivity index (χ0) is 18.7. The fourth-order valence-corrected chi connectivity index (χ4v) is 3.69. The van der Waals surface area contributed by atoms with Gasteiger partial charge in [-0.1, -0.05) is 30.7 Å². The molecule has 1 heterocycles. The summed E-state index contributed by atoms with van der Waals surface area (Å²) in [6, 6.07) is 16.5. The average Bonchev–Trinajstić information content (AvgIpc) is 3.16. The second kappa shape index (κ2) is 7.35. The maximum Gasteiger partial charge on any atom is 0.230 e. The van der Waals surface area contributed by atoms with Crippen molar-refractivity contribution >= 4 is 5.91 Å². The lowest BCUT2D eigenvalue weighted by atomic mass is 9.64. The maximum absolute atomic E-state index is 13.6. The number of carbonyl (C=O) groups excluding carboxylic acids is 1. The summed E-state index contributed by atoms with van der Waals surface area (Å²) < 4.78 is 15.4. The number of rotatable bonds is 6. The van der Waals surface area contributed by atoms with Crippen molar-refractivity contribution in [2.45, 2.75) is 31.1 Å². The van der Waals surface area contributed by atoms with Crippen LogP contribution in [0.5, 0.6) is 0 Å². The SMILES string of the molecule is O=C(NCCc1ccc(-n2cccn2)cc1)C1(c2cccc(F)c2)CCC1. The quantitative estimate of drug-likeness (QED) is 0.724. The summed E-state index contributed by atoms with van der Waals surface area (Å²) in [7, 11) is 0. The van der Waals surface area contributed by atoms with Crippen LogP contribution in [0.1, 0.15) is 30.4 Å². The highest BCUT2D eigenvalue weighted by Crippen LogP contribution is 2.44. The monoisotopic (exact) mass is 363 g/mol. The molecule has 138 valence electrons. The Bertz CT molecular complexity index is 915. The zero-order valence-electron chi connectivity index (χ0n) is 15.1. The van der Waals surface area contributed by atoms with Crippen LogP contribution < -0.4 is 5.32 Å². The fourth-order valence-electron chi connectivity index (χ4n) is 3.69. The van der Waals surface area contributed by atoms with Crippen molar-refractivity contribution < 1.29 is 9.18 Å². The minimum Gasteiger partial charge on any atom is -0.355 e. The summed E-state index contributed by atoms with van der Waals surface area (Å²) in [6.07, 6.45) is 6.96. The molecule has 0 bridgehead atoms. The molecule has 27 heavy (non-hydrogen) atoms. The van der Waals surface area contributed by atoms with Gasteiger partial charge in [0.1, 0.15) is 5.82 Å². The van der Waals surface area contributed by atoms with Crippen LogP contribution in [0.4, 0.5) is 4.39 Å². The molecule has 2 aromatic carbocycles. The van der Waals surface area contributed by atoms with Gasteiger partial charge < -0.3 is 5.32 Å². The molecule has 1 N–H and O–H groups in total. The zero-order valence-corrected chi connectivity index (χ0v) is 15.1. The number of hydrogen-bond donors (Lipinski definition) is 1. The van der Waals surface area contributed by atoms with Gasteiger partial charge in [0.05, 0.1) is 11.1 Å². The lowest BCUT2D eigenvalue weighted by Gasteiger charge is -2.40. The molecule has 3 aromatic rings. The van der Waals surface area contributed by atoms with Crippen molar-refractivity contribution in [1.29, 1.82) is 0 Å². The smallest absolute Gasteiger partial charge is 0.230 e. The summed E-state index contributed by atoms with van der Waals surface area (Å²) in [6.45, 7) is 0.566. The van der Waals surface area contributed by atoms with Crippen LogP contribution in [0.3, 0.4) is 0 Å². The van der Waals surface area contributed by atoms with E-state index in [0.717, 1.165) is 42.5 Å². The lowest BCUT2D eigenvalue weighted by Crippen LogP contribution is -2.49. The van der Waals surface area contributed by atoms with Gasteiger partial charge in [-0.3, -0.25) is 4.79 Å². The van der Waals surface area contributed by atoms with Crippen LogP contribution in [-0.4, -0.2) is 22.2 Å². The van der Waals surface area contributed by atoms with Crippen molar-refractivity contribution in [3.05, 3.63) is 83.9 Å². The van der Waals surface area contributed by atoms with E-state index >= 15 is 0 Å². The van der Waals surface area contributed by atoms with Crippen molar-refractivity contribution in [1.82, 2.24) is 15.1 Å². The van der Waals surface area contributed by atoms with Gasteiger partial charge in [0.15, 0.2) is 0 Å². The van der Waals surface area contributed by atoms with E-state index in [4.69, 9.17) is 0 Å². The maximum atomic E-state index is 13.6. The van der Waals surface area contributed by atoms with Crippen molar-refractivity contribution in [2.24, 2.45) is 0 Å². The number of benzene rings is 2.